The van der Waals surface area contributed by atoms with Gasteiger partial charge >= 0.3 is 0 Å². The van der Waals surface area contributed by atoms with Crippen molar-refractivity contribution >= 4 is 11.6 Å². The number of anilines is 2. The van der Waals surface area contributed by atoms with E-state index in [0.29, 0.717) is 17.9 Å². The highest BCUT2D eigenvalue weighted by Gasteiger charge is 2.31. The topological polar surface area (TPSA) is 55.0 Å². The monoisotopic (exact) mass is 262 g/mol. The van der Waals surface area contributed by atoms with Crippen LogP contribution in [0.5, 0.6) is 0 Å². The second kappa shape index (κ2) is 4.99. The van der Waals surface area contributed by atoms with Gasteiger partial charge in [0.25, 0.3) is 0 Å². The zero-order valence-electron chi connectivity index (χ0n) is 12.8. The second-order valence-corrected chi connectivity index (χ2v) is 6.62. The van der Waals surface area contributed by atoms with E-state index in [0.717, 1.165) is 18.1 Å². The molecular formula is C15H26N4. The van der Waals surface area contributed by atoms with Crippen LogP contribution in [0.2, 0.25) is 0 Å². The van der Waals surface area contributed by atoms with Crippen LogP contribution in [-0.4, -0.2) is 22.1 Å². The lowest BCUT2D eigenvalue weighted by Crippen LogP contribution is -2.35. The van der Waals surface area contributed by atoms with Gasteiger partial charge in [-0.05, 0) is 26.2 Å². The van der Waals surface area contributed by atoms with Crippen LogP contribution in [0.25, 0.3) is 0 Å². The Hall–Kier alpha value is -1.32. The van der Waals surface area contributed by atoms with Gasteiger partial charge in [0.05, 0.1) is 0 Å². The van der Waals surface area contributed by atoms with Crippen molar-refractivity contribution in [3.8, 4) is 0 Å². The van der Waals surface area contributed by atoms with Gasteiger partial charge in [0, 0.05) is 23.6 Å². The number of nitrogens with zero attached hydrogens (tertiary/aromatic N) is 3. The Morgan fingerprint density at radius 2 is 2.00 bits per heavy atom. The fourth-order valence-corrected chi connectivity index (χ4v) is 2.81. The molecule has 2 heterocycles. The number of hydrogen-bond acceptors (Lipinski definition) is 4. The van der Waals surface area contributed by atoms with Crippen molar-refractivity contribution in [3.05, 3.63) is 11.9 Å². The number of aromatic nitrogens is 2. The minimum atomic E-state index is -0.0746. The van der Waals surface area contributed by atoms with E-state index in [2.05, 4.69) is 44.5 Å². The number of rotatable bonds is 2. The minimum absolute atomic E-state index is 0.0746. The molecule has 0 aliphatic carbocycles. The predicted octanol–water partition coefficient (Wildman–Crippen LogP) is 3.12. The van der Waals surface area contributed by atoms with Crippen LogP contribution in [0.15, 0.2) is 6.07 Å². The summed E-state index contributed by atoms with van der Waals surface area (Å²) in [7, 11) is 0. The molecule has 1 fully saturated rings. The maximum Gasteiger partial charge on any atom is 0.138 e. The first-order chi connectivity index (χ1) is 8.82. The minimum Gasteiger partial charge on any atom is -0.384 e. The Labute approximate surface area is 116 Å². The summed E-state index contributed by atoms with van der Waals surface area (Å²) in [6.45, 7) is 10.9. The van der Waals surface area contributed by atoms with Gasteiger partial charge in [-0.25, -0.2) is 9.97 Å². The van der Waals surface area contributed by atoms with Gasteiger partial charge in [-0.15, -0.1) is 0 Å². The highest BCUT2D eigenvalue weighted by Crippen LogP contribution is 2.32. The van der Waals surface area contributed by atoms with Crippen molar-refractivity contribution in [1.29, 1.82) is 0 Å². The number of nitrogen functional groups attached to an aromatic ring is 1. The van der Waals surface area contributed by atoms with Crippen LogP contribution in [0.3, 0.4) is 0 Å². The van der Waals surface area contributed by atoms with Crippen molar-refractivity contribution in [2.24, 2.45) is 0 Å². The van der Waals surface area contributed by atoms with Crippen molar-refractivity contribution in [2.45, 2.75) is 71.4 Å². The zero-order valence-corrected chi connectivity index (χ0v) is 12.8. The van der Waals surface area contributed by atoms with Gasteiger partial charge in [-0.3, -0.25) is 0 Å². The Balaban J connectivity index is 2.42. The summed E-state index contributed by atoms with van der Waals surface area (Å²) in [5.74, 6) is 2.40. The smallest absolute Gasteiger partial charge is 0.138 e. The van der Waals surface area contributed by atoms with Gasteiger partial charge < -0.3 is 10.6 Å². The fraction of sp³-hybridized carbons (Fsp3) is 0.733. The quantitative estimate of drug-likeness (QED) is 0.889. The molecule has 2 unspecified atom stereocenters. The maximum atomic E-state index is 5.98. The third kappa shape index (κ3) is 2.82. The summed E-state index contributed by atoms with van der Waals surface area (Å²) < 4.78 is 0. The van der Waals surface area contributed by atoms with E-state index in [1.807, 2.05) is 6.07 Å². The third-order valence-corrected chi connectivity index (χ3v) is 3.92. The van der Waals surface area contributed by atoms with Gasteiger partial charge in [0.1, 0.15) is 17.5 Å². The standard InChI is InChI=1S/C15H26N4/c1-6-11-8-7-10(2)19(11)13-9-12(16)17-14(18-13)15(3,4)5/h9-11H,6-8H2,1-5H3,(H2,16,17,18). The first-order valence-electron chi connectivity index (χ1n) is 7.26. The van der Waals surface area contributed by atoms with Gasteiger partial charge in [-0.1, -0.05) is 27.7 Å². The average Bonchev–Trinajstić information content (AvgIpc) is 2.68. The highest BCUT2D eigenvalue weighted by atomic mass is 15.3. The van der Waals surface area contributed by atoms with Crippen LogP contribution in [0.1, 0.15) is 59.7 Å². The molecule has 4 nitrogen and oxygen atoms in total. The van der Waals surface area contributed by atoms with Crippen molar-refractivity contribution in [3.63, 3.8) is 0 Å². The molecule has 1 saturated heterocycles. The first-order valence-corrected chi connectivity index (χ1v) is 7.26. The SMILES string of the molecule is CCC1CCC(C)N1c1cc(N)nc(C(C)(C)C)n1. The molecule has 0 aromatic carbocycles. The molecule has 19 heavy (non-hydrogen) atoms. The molecule has 1 aliphatic heterocycles. The summed E-state index contributed by atoms with van der Waals surface area (Å²) in [4.78, 5) is 11.6. The molecule has 0 spiro atoms. The van der Waals surface area contributed by atoms with E-state index >= 15 is 0 Å². The summed E-state index contributed by atoms with van der Waals surface area (Å²) >= 11 is 0. The van der Waals surface area contributed by atoms with E-state index in [1.165, 1.54) is 12.8 Å². The van der Waals surface area contributed by atoms with E-state index in [1.54, 1.807) is 0 Å². The Bertz CT molecular complexity index is 450. The van der Waals surface area contributed by atoms with Crippen LogP contribution in [0, 0.1) is 0 Å². The Morgan fingerprint density at radius 1 is 1.32 bits per heavy atom. The van der Waals surface area contributed by atoms with E-state index in [4.69, 9.17) is 10.7 Å². The molecule has 0 amide bonds. The second-order valence-electron chi connectivity index (χ2n) is 6.62. The molecule has 0 bridgehead atoms. The number of hydrogen-bond donors (Lipinski definition) is 1. The summed E-state index contributed by atoms with van der Waals surface area (Å²) in [5, 5.41) is 0. The fourth-order valence-electron chi connectivity index (χ4n) is 2.81. The molecule has 1 aliphatic rings. The summed E-state index contributed by atoms with van der Waals surface area (Å²) in [6.07, 6.45) is 3.62. The molecule has 2 N–H and O–H groups in total. The first kappa shape index (κ1) is 14.1. The molecule has 1 aromatic heterocycles. The normalized spacial score (nSPS) is 23.9. The lowest BCUT2D eigenvalue weighted by Gasteiger charge is -2.30. The lowest BCUT2D eigenvalue weighted by molar-refractivity contribution is 0.540. The van der Waals surface area contributed by atoms with Gasteiger partial charge in [0.2, 0.25) is 0 Å². The maximum absolute atomic E-state index is 5.98. The van der Waals surface area contributed by atoms with Crippen LogP contribution < -0.4 is 10.6 Å². The van der Waals surface area contributed by atoms with Crippen molar-refractivity contribution in [1.82, 2.24) is 9.97 Å². The third-order valence-electron chi connectivity index (χ3n) is 3.92. The van der Waals surface area contributed by atoms with Crippen LogP contribution in [0.4, 0.5) is 11.6 Å². The van der Waals surface area contributed by atoms with Crippen LogP contribution >= 0.6 is 0 Å². The van der Waals surface area contributed by atoms with E-state index < -0.39 is 0 Å². The summed E-state index contributed by atoms with van der Waals surface area (Å²) in [6, 6.07) is 3.03. The molecule has 1 aromatic rings. The number of nitrogens with two attached hydrogens (primary N) is 1. The predicted molar refractivity (Wildman–Crippen MR) is 80.4 cm³/mol. The highest BCUT2D eigenvalue weighted by molar-refractivity contribution is 5.50. The summed E-state index contributed by atoms with van der Waals surface area (Å²) in [5.41, 5.74) is 5.90. The van der Waals surface area contributed by atoms with Crippen molar-refractivity contribution in [2.75, 3.05) is 10.6 Å². The van der Waals surface area contributed by atoms with E-state index in [-0.39, 0.29) is 5.41 Å². The van der Waals surface area contributed by atoms with Gasteiger partial charge in [-0.2, -0.15) is 0 Å². The molecule has 2 atom stereocenters. The molecule has 2 rings (SSSR count). The largest absolute Gasteiger partial charge is 0.384 e. The molecular weight excluding hydrogens is 236 g/mol. The molecule has 0 saturated carbocycles. The Morgan fingerprint density at radius 3 is 2.58 bits per heavy atom. The van der Waals surface area contributed by atoms with Crippen LogP contribution in [-0.2, 0) is 5.41 Å². The molecule has 0 radical (unpaired) electrons. The lowest BCUT2D eigenvalue weighted by atomic mass is 9.96. The average molecular weight is 262 g/mol. The molecule has 4 heteroatoms. The Kier molecular flexibility index (Phi) is 3.70. The van der Waals surface area contributed by atoms with E-state index in [9.17, 15) is 0 Å². The molecule has 106 valence electrons. The van der Waals surface area contributed by atoms with Crippen molar-refractivity contribution < 1.29 is 0 Å². The van der Waals surface area contributed by atoms with Gasteiger partial charge in [0.15, 0.2) is 0 Å². The zero-order chi connectivity index (χ0) is 14.2.